The molecule has 0 radical (unpaired) electrons. The van der Waals surface area contributed by atoms with Crippen LogP contribution in [0, 0.1) is 12.8 Å². The Morgan fingerprint density at radius 3 is 2.52 bits per heavy atom. The van der Waals surface area contributed by atoms with Crippen LogP contribution in [0.4, 0.5) is 13.2 Å². The minimum atomic E-state index is -5.08. The highest BCUT2D eigenvalue weighted by Gasteiger charge is 2.56. The molecule has 33 heavy (non-hydrogen) atoms. The number of nitrogens with zero attached hydrogens (tertiary/aromatic N) is 2. The van der Waals surface area contributed by atoms with E-state index < -0.39 is 27.8 Å². The highest BCUT2D eigenvalue weighted by Crippen LogP contribution is 2.42. The van der Waals surface area contributed by atoms with Gasteiger partial charge in [0.25, 0.3) is 0 Å². The van der Waals surface area contributed by atoms with Gasteiger partial charge in [0.15, 0.2) is 0 Å². The first-order chi connectivity index (χ1) is 15.5. The molecule has 8 nitrogen and oxygen atoms in total. The van der Waals surface area contributed by atoms with Crippen LogP contribution in [0.25, 0.3) is 0 Å². The number of hydrogen-bond donors (Lipinski definition) is 1. The number of benzene rings is 1. The third-order valence-electron chi connectivity index (χ3n) is 5.53. The second kappa shape index (κ2) is 9.65. The fraction of sp³-hybridized carbons (Fsp3) is 0.429. The average Bonchev–Trinajstić information content (AvgIpc) is 3.16. The summed E-state index contributed by atoms with van der Waals surface area (Å²) in [5.41, 5.74) is 0.329. The molecule has 1 unspecified atom stereocenters. The largest absolute Gasteiger partial charge is 0.492 e. The van der Waals surface area contributed by atoms with E-state index >= 15 is 0 Å². The Balaban J connectivity index is 0.000000383. The summed E-state index contributed by atoms with van der Waals surface area (Å²) >= 11 is 0. The normalized spacial score (nSPS) is 19.9. The van der Waals surface area contributed by atoms with Crippen LogP contribution in [-0.4, -0.2) is 66.9 Å². The molecule has 180 valence electrons. The van der Waals surface area contributed by atoms with Crippen LogP contribution in [0.15, 0.2) is 53.7 Å². The molecule has 0 saturated carbocycles. The van der Waals surface area contributed by atoms with E-state index in [1.54, 1.807) is 24.5 Å². The van der Waals surface area contributed by atoms with Crippen molar-refractivity contribution in [1.82, 2.24) is 9.29 Å². The van der Waals surface area contributed by atoms with E-state index in [4.69, 9.17) is 19.4 Å². The van der Waals surface area contributed by atoms with Crippen LogP contribution in [0.2, 0.25) is 0 Å². The van der Waals surface area contributed by atoms with Gasteiger partial charge in [0, 0.05) is 31.8 Å². The van der Waals surface area contributed by atoms with E-state index in [1.165, 1.54) is 4.31 Å². The van der Waals surface area contributed by atoms with Gasteiger partial charge in [-0.1, -0.05) is 18.2 Å². The number of halogens is 3. The third kappa shape index (κ3) is 5.63. The van der Waals surface area contributed by atoms with E-state index in [0.717, 1.165) is 17.7 Å². The number of aryl methyl sites for hydroxylation is 1. The van der Waals surface area contributed by atoms with E-state index in [1.807, 2.05) is 31.2 Å². The summed E-state index contributed by atoms with van der Waals surface area (Å²) in [6.07, 6.45) is -0.829. The van der Waals surface area contributed by atoms with Crippen molar-refractivity contribution in [3.8, 4) is 5.75 Å². The minimum Gasteiger partial charge on any atom is -0.492 e. The van der Waals surface area contributed by atoms with Crippen molar-refractivity contribution >= 4 is 16.0 Å². The van der Waals surface area contributed by atoms with Gasteiger partial charge in [-0.2, -0.15) is 17.5 Å². The summed E-state index contributed by atoms with van der Waals surface area (Å²) in [4.78, 5) is 13.3. The molecule has 2 aliphatic heterocycles. The minimum absolute atomic E-state index is 0.172. The number of carboxylic acid groups (broad SMARTS) is 1. The summed E-state index contributed by atoms with van der Waals surface area (Å²) < 4.78 is 70.8. The lowest BCUT2D eigenvalue weighted by molar-refractivity contribution is -0.192. The maximum absolute atomic E-state index is 12.9. The Hall–Kier alpha value is -2.70. The van der Waals surface area contributed by atoms with Crippen LogP contribution < -0.4 is 4.74 Å². The molecule has 0 amide bonds. The average molecular weight is 488 g/mol. The number of aliphatic carboxylic acids is 1. The van der Waals surface area contributed by atoms with E-state index in [2.05, 4.69) is 4.98 Å². The second-order valence-electron chi connectivity index (χ2n) is 7.74. The molecular weight excluding hydrogens is 465 g/mol. The van der Waals surface area contributed by atoms with Gasteiger partial charge in [-0.05, 0) is 37.1 Å². The second-order valence-corrected chi connectivity index (χ2v) is 9.65. The maximum atomic E-state index is 12.9. The van der Waals surface area contributed by atoms with Crippen molar-refractivity contribution in [2.75, 3.05) is 26.3 Å². The number of aromatic nitrogens is 1. The number of pyridine rings is 1. The molecular formula is C21H23F3N2O6S. The number of carboxylic acids is 1. The Labute approximate surface area is 189 Å². The van der Waals surface area contributed by atoms with Gasteiger partial charge >= 0.3 is 12.1 Å². The van der Waals surface area contributed by atoms with Crippen LogP contribution in [0.3, 0.4) is 0 Å². The highest BCUT2D eigenvalue weighted by molar-refractivity contribution is 7.89. The van der Waals surface area contributed by atoms with Gasteiger partial charge in [-0.3, -0.25) is 4.98 Å². The summed E-state index contributed by atoms with van der Waals surface area (Å²) in [7, 11) is -3.48. The zero-order valence-corrected chi connectivity index (χ0v) is 18.5. The fourth-order valence-electron chi connectivity index (χ4n) is 3.70. The van der Waals surface area contributed by atoms with Crippen LogP contribution in [0.5, 0.6) is 5.75 Å². The summed E-state index contributed by atoms with van der Waals surface area (Å²) in [5.74, 6) is -1.86. The Morgan fingerprint density at radius 1 is 1.27 bits per heavy atom. The number of alkyl halides is 3. The lowest BCUT2D eigenvalue weighted by Crippen LogP contribution is -2.66. The molecule has 12 heteroatoms. The predicted molar refractivity (Wildman–Crippen MR) is 110 cm³/mol. The highest BCUT2D eigenvalue weighted by atomic mass is 32.2. The molecule has 2 aliphatic rings. The first-order valence-corrected chi connectivity index (χ1v) is 11.4. The molecule has 1 aromatic heterocycles. The van der Waals surface area contributed by atoms with Crippen molar-refractivity contribution in [1.29, 1.82) is 0 Å². The standard InChI is InChI=1S/C19H22N2O4S.C2HF3O2/c1-15-5-2-3-7-18(15)26(22,23)21-13-19(14-21)16(8-10-25-19)12-24-17-6-4-9-20-11-17;3-2(4,5)1(6)7/h2-7,9,11,16H,8,10,12-14H2,1H3;(H,6,7). The summed E-state index contributed by atoms with van der Waals surface area (Å²) in [6.45, 7) is 3.72. The van der Waals surface area contributed by atoms with Gasteiger partial charge in [0.1, 0.15) is 11.4 Å². The predicted octanol–water partition coefficient (Wildman–Crippen LogP) is 2.88. The van der Waals surface area contributed by atoms with E-state index in [-0.39, 0.29) is 5.92 Å². The lowest BCUT2D eigenvalue weighted by Gasteiger charge is -2.49. The van der Waals surface area contributed by atoms with Crippen molar-refractivity contribution in [3.63, 3.8) is 0 Å². The molecule has 1 N–H and O–H groups in total. The van der Waals surface area contributed by atoms with Crippen molar-refractivity contribution in [3.05, 3.63) is 54.4 Å². The Bertz CT molecular complexity index is 1070. The van der Waals surface area contributed by atoms with Crippen molar-refractivity contribution < 1.29 is 41.0 Å². The number of rotatable bonds is 5. The smallest absolute Gasteiger partial charge is 0.490 e. The zero-order chi connectivity index (χ0) is 24.3. The summed E-state index contributed by atoms with van der Waals surface area (Å²) in [6, 6.07) is 10.8. The van der Waals surface area contributed by atoms with Gasteiger partial charge in [0.2, 0.25) is 10.0 Å². The van der Waals surface area contributed by atoms with Crippen molar-refractivity contribution in [2.24, 2.45) is 5.92 Å². The number of ether oxygens (including phenoxy) is 2. The first kappa shape index (κ1) is 24.9. The molecule has 2 saturated heterocycles. The lowest BCUT2D eigenvalue weighted by atomic mass is 9.83. The maximum Gasteiger partial charge on any atom is 0.490 e. The number of hydrogen-bond acceptors (Lipinski definition) is 6. The monoisotopic (exact) mass is 488 g/mol. The SMILES string of the molecule is Cc1ccccc1S(=O)(=O)N1CC2(C1)OCCC2COc1cccnc1.O=C(O)C(F)(F)F. The van der Waals surface area contributed by atoms with Crippen molar-refractivity contribution in [2.45, 2.75) is 30.0 Å². The van der Waals surface area contributed by atoms with Gasteiger partial charge < -0.3 is 14.6 Å². The van der Waals surface area contributed by atoms with Gasteiger partial charge in [-0.25, -0.2) is 13.2 Å². The Morgan fingerprint density at radius 2 is 1.94 bits per heavy atom. The molecule has 2 fully saturated rings. The van der Waals surface area contributed by atoms with Gasteiger partial charge in [0.05, 0.1) is 17.7 Å². The molecule has 1 atom stereocenters. The van der Waals surface area contributed by atoms with Crippen LogP contribution >= 0.6 is 0 Å². The topological polar surface area (TPSA) is 106 Å². The fourth-order valence-corrected chi connectivity index (χ4v) is 5.49. The van der Waals surface area contributed by atoms with Crippen LogP contribution in [-0.2, 0) is 19.6 Å². The molecule has 0 bridgehead atoms. The summed E-state index contributed by atoms with van der Waals surface area (Å²) in [5, 5.41) is 7.12. The molecule has 4 rings (SSSR count). The number of sulfonamides is 1. The zero-order valence-electron chi connectivity index (χ0n) is 17.7. The van der Waals surface area contributed by atoms with E-state index in [0.29, 0.717) is 31.2 Å². The molecule has 3 heterocycles. The van der Waals surface area contributed by atoms with Crippen LogP contribution in [0.1, 0.15) is 12.0 Å². The third-order valence-corrected chi connectivity index (χ3v) is 7.48. The quantitative estimate of drug-likeness (QED) is 0.690. The molecule has 1 aromatic carbocycles. The van der Waals surface area contributed by atoms with Gasteiger partial charge in [-0.15, -0.1) is 0 Å². The Kier molecular flexibility index (Phi) is 7.29. The molecule has 1 spiro atoms. The molecule has 2 aromatic rings. The van der Waals surface area contributed by atoms with E-state index in [9.17, 15) is 21.6 Å². The first-order valence-electron chi connectivity index (χ1n) is 9.98. The molecule has 0 aliphatic carbocycles. The number of carbonyl (C=O) groups is 1.